The second-order valence-corrected chi connectivity index (χ2v) is 5.56. The zero-order valence-corrected chi connectivity index (χ0v) is 12.2. The highest BCUT2D eigenvalue weighted by molar-refractivity contribution is 5.91. The van der Waals surface area contributed by atoms with Crippen LogP contribution in [0.1, 0.15) is 43.0 Å². The summed E-state index contributed by atoms with van der Waals surface area (Å²) in [5.74, 6) is -0.436. The number of carbonyl (C=O) groups excluding carboxylic acids is 2. The molecule has 1 fully saturated rings. The first-order valence-corrected chi connectivity index (χ1v) is 7.32. The van der Waals surface area contributed by atoms with Gasteiger partial charge in [0.05, 0.1) is 5.56 Å². The van der Waals surface area contributed by atoms with Gasteiger partial charge in [-0.1, -0.05) is 25.8 Å². The number of esters is 1. The summed E-state index contributed by atoms with van der Waals surface area (Å²) in [6.07, 6.45) is 4.43. The maximum absolute atomic E-state index is 11.8. The van der Waals surface area contributed by atoms with Gasteiger partial charge in [-0.25, -0.2) is 4.79 Å². The van der Waals surface area contributed by atoms with Gasteiger partial charge in [-0.15, -0.1) is 0 Å². The van der Waals surface area contributed by atoms with Gasteiger partial charge < -0.3 is 15.2 Å². The van der Waals surface area contributed by atoms with Crippen molar-refractivity contribution < 1.29 is 19.4 Å². The molecular formula is C16H21NO4. The number of rotatable bonds is 4. The maximum Gasteiger partial charge on any atom is 0.338 e. The molecule has 2 rings (SSSR count). The monoisotopic (exact) mass is 291 g/mol. The molecule has 1 aliphatic carbocycles. The lowest BCUT2D eigenvalue weighted by Crippen LogP contribution is -2.42. The van der Waals surface area contributed by atoms with Crippen molar-refractivity contribution in [3.8, 4) is 5.75 Å². The first-order valence-electron chi connectivity index (χ1n) is 7.32. The molecule has 114 valence electrons. The van der Waals surface area contributed by atoms with Crippen LogP contribution in [0.25, 0.3) is 0 Å². The SMILES string of the molecule is C[C@@H]1CCCC[C@H]1NC(=O)COC(=O)c1cccc(O)c1. The Morgan fingerprint density at radius 1 is 1.33 bits per heavy atom. The van der Waals surface area contributed by atoms with E-state index in [1.165, 1.54) is 24.6 Å². The molecule has 0 radical (unpaired) electrons. The van der Waals surface area contributed by atoms with Crippen LogP contribution < -0.4 is 5.32 Å². The quantitative estimate of drug-likeness (QED) is 0.834. The van der Waals surface area contributed by atoms with E-state index in [2.05, 4.69) is 12.2 Å². The molecule has 1 aliphatic rings. The van der Waals surface area contributed by atoms with Crippen LogP contribution >= 0.6 is 0 Å². The lowest BCUT2D eigenvalue weighted by molar-refractivity contribution is -0.125. The molecule has 0 heterocycles. The number of aromatic hydroxyl groups is 1. The molecular weight excluding hydrogens is 270 g/mol. The molecule has 2 N–H and O–H groups in total. The normalized spacial score (nSPS) is 21.6. The maximum atomic E-state index is 11.8. The van der Waals surface area contributed by atoms with Gasteiger partial charge in [0.2, 0.25) is 0 Å². The average Bonchev–Trinajstić information content (AvgIpc) is 2.47. The van der Waals surface area contributed by atoms with Crippen LogP contribution in [-0.4, -0.2) is 29.6 Å². The summed E-state index contributed by atoms with van der Waals surface area (Å²) in [7, 11) is 0. The minimum absolute atomic E-state index is 0.00932. The van der Waals surface area contributed by atoms with Gasteiger partial charge >= 0.3 is 5.97 Å². The molecule has 1 saturated carbocycles. The van der Waals surface area contributed by atoms with Crippen LogP contribution in [0.4, 0.5) is 0 Å². The molecule has 0 unspecified atom stereocenters. The number of phenols is 1. The van der Waals surface area contributed by atoms with E-state index in [0.29, 0.717) is 5.92 Å². The third-order valence-electron chi connectivity index (χ3n) is 3.87. The predicted octanol–water partition coefficient (Wildman–Crippen LogP) is 2.24. The first kappa shape index (κ1) is 15.4. The van der Waals surface area contributed by atoms with Crippen LogP contribution in [0.15, 0.2) is 24.3 Å². The molecule has 0 aliphatic heterocycles. The smallest absolute Gasteiger partial charge is 0.338 e. The highest BCUT2D eigenvalue weighted by atomic mass is 16.5. The molecule has 1 aromatic rings. The van der Waals surface area contributed by atoms with Crippen molar-refractivity contribution in [2.75, 3.05) is 6.61 Å². The number of hydrogen-bond donors (Lipinski definition) is 2. The van der Waals surface area contributed by atoms with Crippen molar-refractivity contribution >= 4 is 11.9 Å². The van der Waals surface area contributed by atoms with Crippen molar-refractivity contribution in [1.82, 2.24) is 5.32 Å². The summed E-state index contributed by atoms with van der Waals surface area (Å²) in [5, 5.41) is 12.2. The summed E-state index contributed by atoms with van der Waals surface area (Å²) >= 11 is 0. The molecule has 5 nitrogen and oxygen atoms in total. The number of nitrogens with one attached hydrogen (secondary N) is 1. The van der Waals surface area contributed by atoms with Crippen LogP contribution in [0.3, 0.4) is 0 Å². The summed E-state index contributed by atoms with van der Waals surface area (Å²) in [6, 6.07) is 6.03. The summed E-state index contributed by atoms with van der Waals surface area (Å²) in [5.41, 5.74) is 0.230. The minimum atomic E-state index is -0.613. The lowest BCUT2D eigenvalue weighted by atomic mass is 9.86. The second kappa shape index (κ2) is 7.11. The largest absolute Gasteiger partial charge is 0.508 e. The molecule has 21 heavy (non-hydrogen) atoms. The highest BCUT2D eigenvalue weighted by Gasteiger charge is 2.23. The van der Waals surface area contributed by atoms with Crippen molar-refractivity contribution in [2.45, 2.75) is 38.6 Å². The Balaban J connectivity index is 1.79. The Hall–Kier alpha value is -2.04. The van der Waals surface area contributed by atoms with E-state index in [1.807, 2.05) is 0 Å². The first-order chi connectivity index (χ1) is 10.1. The van der Waals surface area contributed by atoms with Gasteiger partial charge in [0, 0.05) is 6.04 Å². The third-order valence-corrected chi connectivity index (χ3v) is 3.87. The van der Waals surface area contributed by atoms with Crippen LogP contribution in [0.5, 0.6) is 5.75 Å². The van der Waals surface area contributed by atoms with Gasteiger partial charge in [0.15, 0.2) is 6.61 Å². The number of carbonyl (C=O) groups is 2. The third kappa shape index (κ3) is 4.48. The van der Waals surface area contributed by atoms with E-state index in [4.69, 9.17) is 4.74 Å². The average molecular weight is 291 g/mol. The number of amides is 1. The van der Waals surface area contributed by atoms with Crippen molar-refractivity contribution in [2.24, 2.45) is 5.92 Å². The van der Waals surface area contributed by atoms with E-state index < -0.39 is 5.97 Å². The highest BCUT2D eigenvalue weighted by Crippen LogP contribution is 2.23. The number of phenolic OH excluding ortho intramolecular Hbond substituents is 1. The van der Waals surface area contributed by atoms with Crippen LogP contribution in [-0.2, 0) is 9.53 Å². The molecule has 1 aromatic carbocycles. The van der Waals surface area contributed by atoms with E-state index in [-0.39, 0.29) is 29.9 Å². The van der Waals surface area contributed by atoms with E-state index in [1.54, 1.807) is 6.07 Å². The number of benzene rings is 1. The van der Waals surface area contributed by atoms with Gasteiger partial charge in [-0.2, -0.15) is 0 Å². The lowest BCUT2D eigenvalue weighted by Gasteiger charge is -2.29. The van der Waals surface area contributed by atoms with Crippen LogP contribution in [0, 0.1) is 5.92 Å². The molecule has 0 spiro atoms. The molecule has 2 atom stereocenters. The summed E-state index contributed by atoms with van der Waals surface area (Å²) < 4.78 is 4.96. The fourth-order valence-electron chi connectivity index (χ4n) is 2.63. The van der Waals surface area contributed by atoms with E-state index in [9.17, 15) is 14.7 Å². The summed E-state index contributed by atoms with van der Waals surface area (Å²) in [6.45, 7) is 1.83. The van der Waals surface area contributed by atoms with Gasteiger partial charge in [-0.05, 0) is 37.0 Å². The molecule has 0 saturated heterocycles. The van der Waals surface area contributed by atoms with Crippen LogP contribution in [0.2, 0.25) is 0 Å². The zero-order chi connectivity index (χ0) is 15.2. The molecule has 1 amide bonds. The fraction of sp³-hybridized carbons (Fsp3) is 0.500. The second-order valence-electron chi connectivity index (χ2n) is 5.56. The standard InChI is InChI=1S/C16H21NO4/c1-11-5-2-3-8-14(11)17-15(19)10-21-16(20)12-6-4-7-13(18)9-12/h4,6-7,9,11,14,18H,2-3,5,8,10H2,1H3,(H,17,19)/t11-,14-/m1/s1. The Morgan fingerprint density at radius 2 is 2.10 bits per heavy atom. The van der Waals surface area contributed by atoms with Gasteiger partial charge in [0.25, 0.3) is 5.91 Å². The molecule has 5 heteroatoms. The van der Waals surface area contributed by atoms with E-state index in [0.717, 1.165) is 19.3 Å². The number of hydrogen-bond acceptors (Lipinski definition) is 4. The topological polar surface area (TPSA) is 75.6 Å². The van der Waals surface area contributed by atoms with Crippen molar-refractivity contribution in [3.63, 3.8) is 0 Å². The molecule has 0 aromatic heterocycles. The van der Waals surface area contributed by atoms with Crippen molar-refractivity contribution in [1.29, 1.82) is 0 Å². The van der Waals surface area contributed by atoms with E-state index >= 15 is 0 Å². The van der Waals surface area contributed by atoms with Crippen molar-refractivity contribution in [3.05, 3.63) is 29.8 Å². The Kier molecular flexibility index (Phi) is 5.20. The molecule has 0 bridgehead atoms. The van der Waals surface area contributed by atoms with Gasteiger partial charge in [0.1, 0.15) is 5.75 Å². The predicted molar refractivity (Wildman–Crippen MR) is 78.0 cm³/mol. The zero-order valence-electron chi connectivity index (χ0n) is 12.2. The minimum Gasteiger partial charge on any atom is -0.508 e. The number of ether oxygens (including phenoxy) is 1. The Bertz CT molecular complexity index is 515. The Labute approximate surface area is 124 Å². The van der Waals surface area contributed by atoms with Gasteiger partial charge in [-0.3, -0.25) is 4.79 Å². The summed E-state index contributed by atoms with van der Waals surface area (Å²) in [4.78, 5) is 23.6. The Morgan fingerprint density at radius 3 is 2.81 bits per heavy atom. The fourth-order valence-corrected chi connectivity index (χ4v) is 2.63.